The first-order chi connectivity index (χ1) is 31.4. The lowest BCUT2D eigenvalue weighted by Crippen LogP contribution is -2.52. The molecule has 0 aromatic carbocycles. The molecule has 1 atom stereocenters. The summed E-state index contributed by atoms with van der Waals surface area (Å²) in [5, 5.41) is 28.7. The Hall–Kier alpha value is -5.42. The fourth-order valence-corrected chi connectivity index (χ4v) is 9.42. The van der Waals surface area contributed by atoms with Gasteiger partial charge in [0.25, 0.3) is 5.91 Å². The van der Waals surface area contributed by atoms with E-state index in [9.17, 15) is 33.9 Å². The van der Waals surface area contributed by atoms with E-state index >= 15 is 0 Å². The second-order valence-corrected chi connectivity index (χ2v) is 18.0. The number of carbonyl (C=O) groups excluding carboxylic acids is 5. The van der Waals surface area contributed by atoms with Crippen molar-refractivity contribution in [1.29, 1.82) is 0 Å². The van der Waals surface area contributed by atoms with Crippen LogP contribution >= 0.6 is 22.9 Å². The molecule has 7 rings (SSSR count). The maximum atomic E-state index is 12.9. The topological polar surface area (TPSA) is 261 Å². The van der Waals surface area contributed by atoms with Crippen LogP contribution in [0.4, 0.5) is 15.5 Å². The third-order valence-electron chi connectivity index (χ3n) is 11.8. The Labute approximate surface area is 384 Å². The summed E-state index contributed by atoms with van der Waals surface area (Å²) in [5.74, 6) is -0.300. The van der Waals surface area contributed by atoms with Crippen molar-refractivity contribution in [2.24, 2.45) is 13.0 Å². The molecule has 0 radical (unpaired) electrons. The van der Waals surface area contributed by atoms with Crippen molar-refractivity contribution < 1.29 is 48.1 Å². The number of anilines is 1. The van der Waals surface area contributed by atoms with Crippen LogP contribution in [0.25, 0.3) is 11.3 Å². The van der Waals surface area contributed by atoms with Gasteiger partial charge in [-0.15, -0.1) is 11.3 Å². The molecular formula is C42H56ClN11O10S. The van der Waals surface area contributed by atoms with Crippen LogP contribution in [0.5, 0.6) is 0 Å². The molecule has 3 fully saturated rings. The molecule has 3 aromatic heterocycles. The van der Waals surface area contributed by atoms with Gasteiger partial charge in [0.15, 0.2) is 0 Å². The van der Waals surface area contributed by atoms with Crippen LogP contribution in [-0.2, 0) is 55.2 Å². The van der Waals surface area contributed by atoms with E-state index in [4.69, 9.17) is 30.8 Å². The summed E-state index contributed by atoms with van der Waals surface area (Å²) in [6, 6.07) is 0.550. The first kappa shape index (κ1) is 47.5. The van der Waals surface area contributed by atoms with E-state index in [1.165, 1.54) is 34.0 Å². The number of thiophene rings is 1. The number of halogens is 1. The molecule has 2 saturated carbocycles. The Bertz CT molecular complexity index is 2190. The molecule has 1 saturated heterocycles. The largest absolute Gasteiger partial charge is 0.465 e. The zero-order valence-electron chi connectivity index (χ0n) is 36.3. The fourth-order valence-electron chi connectivity index (χ4n) is 8.16. The molecule has 2 aliphatic carbocycles. The van der Waals surface area contributed by atoms with Gasteiger partial charge in [-0.2, -0.15) is 5.10 Å². The zero-order valence-corrected chi connectivity index (χ0v) is 37.8. The number of amides is 7. The lowest BCUT2D eigenvalue weighted by Gasteiger charge is -2.35. The third-order valence-corrected chi connectivity index (χ3v) is 13.2. The molecule has 23 heteroatoms. The first-order valence-electron chi connectivity index (χ1n) is 22.0. The average Bonchev–Trinajstić information content (AvgIpc) is 3.80. The molecule has 5 heterocycles. The highest BCUT2D eigenvalue weighted by molar-refractivity contribution is 7.14. The fraction of sp³-hybridized carbons (Fsp3) is 0.595. The standard InChI is InChI=1S/C42H56ClN11O10S/c1-52-33(18-25-2-3-25)30(21-48-52)36-31(43)22-46-40(51-36)49-27-4-6-28(7-5-27)53(42(60)61)24-35(56)44-10-12-62-14-16-64-17-15-63-13-11-45-41(59)47-20-29-19-26-23-54(39(58)37(26)65-29)32-8-9-34(55)50-38(32)57/h19,21-22,25,27-28,32H,2-18,20,23-24H2,1H3,(H,44,56)(H,60,61)(H2,45,47,59)(H,46,49,51)(H,50,55,57). The molecule has 7 amide bonds. The van der Waals surface area contributed by atoms with Crippen LogP contribution in [0.3, 0.4) is 0 Å². The Morgan fingerprint density at radius 3 is 2.32 bits per heavy atom. The summed E-state index contributed by atoms with van der Waals surface area (Å²) in [6.45, 7) is 2.50. The number of nitrogens with one attached hydrogen (secondary N) is 5. The van der Waals surface area contributed by atoms with Gasteiger partial charge in [-0.25, -0.2) is 19.6 Å². The third kappa shape index (κ3) is 13.1. The van der Waals surface area contributed by atoms with Gasteiger partial charge in [0.05, 0.1) is 74.2 Å². The summed E-state index contributed by atoms with van der Waals surface area (Å²) >= 11 is 7.82. The van der Waals surface area contributed by atoms with Gasteiger partial charge in [-0.3, -0.25) is 34.1 Å². The highest BCUT2D eigenvalue weighted by Gasteiger charge is 2.40. The number of rotatable bonds is 23. The van der Waals surface area contributed by atoms with Gasteiger partial charge in [0.2, 0.25) is 23.7 Å². The monoisotopic (exact) mass is 941 g/mol. The number of aryl methyl sites for hydroxylation is 1. The SMILES string of the molecule is Cn1ncc(-c2nc(NC3CCC(N(CC(=O)NCCOCCOCCOCCNC(=O)NCc4cc5c(s4)C(=O)N(C4CCC(=O)NC4=O)C5)C(=O)O)CC3)ncc2Cl)c1CC1CC1. The van der Waals surface area contributed by atoms with Gasteiger partial charge in [0, 0.05) is 61.3 Å². The van der Waals surface area contributed by atoms with Crippen LogP contribution < -0.4 is 26.6 Å². The van der Waals surface area contributed by atoms with E-state index < -0.39 is 23.9 Å². The van der Waals surface area contributed by atoms with Crippen LogP contribution in [0.15, 0.2) is 18.5 Å². The van der Waals surface area contributed by atoms with Crippen LogP contribution in [-0.4, -0.2) is 148 Å². The van der Waals surface area contributed by atoms with Crippen molar-refractivity contribution >= 4 is 64.6 Å². The summed E-state index contributed by atoms with van der Waals surface area (Å²) < 4.78 is 18.4. The normalized spacial score (nSPS) is 19.4. The molecule has 4 aliphatic rings. The number of imide groups is 1. The molecule has 21 nitrogen and oxygen atoms in total. The molecule has 1 unspecified atom stereocenters. The predicted molar refractivity (Wildman–Crippen MR) is 236 cm³/mol. The van der Waals surface area contributed by atoms with Crippen molar-refractivity contribution in [3.05, 3.63) is 44.5 Å². The van der Waals surface area contributed by atoms with Crippen molar-refractivity contribution in [2.45, 2.75) is 89.0 Å². The van der Waals surface area contributed by atoms with Crippen LogP contribution in [0, 0.1) is 5.92 Å². The maximum absolute atomic E-state index is 12.9. The van der Waals surface area contributed by atoms with Crippen molar-refractivity contribution in [2.75, 3.05) is 64.6 Å². The van der Waals surface area contributed by atoms with E-state index in [1.807, 2.05) is 17.8 Å². The molecule has 352 valence electrons. The molecule has 2 aliphatic heterocycles. The number of hydrogen-bond donors (Lipinski definition) is 6. The maximum Gasteiger partial charge on any atom is 0.408 e. The molecule has 0 spiro atoms. The Kier molecular flexibility index (Phi) is 16.6. The van der Waals surface area contributed by atoms with Gasteiger partial charge in [-0.05, 0) is 68.9 Å². The van der Waals surface area contributed by atoms with Gasteiger partial charge < -0.3 is 45.5 Å². The number of carbonyl (C=O) groups is 6. The second kappa shape index (κ2) is 22.7. The Morgan fingerprint density at radius 1 is 0.938 bits per heavy atom. The van der Waals surface area contributed by atoms with E-state index in [0.29, 0.717) is 86.0 Å². The number of ether oxygens (including phenoxy) is 3. The molecular weight excluding hydrogens is 886 g/mol. The average molecular weight is 942 g/mol. The summed E-state index contributed by atoms with van der Waals surface area (Å²) in [5.41, 5.74) is 3.45. The van der Waals surface area contributed by atoms with Crippen LogP contribution in [0.1, 0.15) is 77.2 Å². The van der Waals surface area contributed by atoms with E-state index in [1.54, 1.807) is 12.4 Å². The lowest BCUT2D eigenvalue weighted by atomic mass is 9.90. The van der Waals surface area contributed by atoms with E-state index in [-0.39, 0.29) is 82.3 Å². The van der Waals surface area contributed by atoms with Crippen molar-refractivity contribution in [3.63, 3.8) is 0 Å². The minimum atomic E-state index is -1.14. The first-order valence-corrected chi connectivity index (χ1v) is 23.2. The molecule has 3 aromatic rings. The number of hydrogen-bond acceptors (Lipinski definition) is 14. The second-order valence-electron chi connectivity index (χ2n) is 16.5. The van der Waals surface area contributed by atoms with E-state index in [2.05, 4.69) is 36.7 Å². The summed E-state index contributed by atoms with van der Waals surface area (Å²) in [7, 11) is 1.93. The van der Waals surface area contributed by atoms with E-state index in [0.717, 1.165) is 28.1 Å². The minimum Gasteiger partial charge on any atom is -0.465 e. The van der Waals surface area contributed by atoms with Gasteiger partial charge >= 0.3 is 12.1 Å². The van der Waals surface area contributed by atoms with Crippen LogP contribution in [0.2, 0.25) is 5.02 Å². The Morgan fingerprint density at radius 2 is 1.65 bits per heavy atom. The highest BCUT2D eigenvalue weighted by Crippen LogP contribution is 2.37. The number of piperidine rings is 1. The zero-order chi connectivity index (χ0) is 45.9. The van der Waals surface area contributed by atoms with Crippen molar-refractivity contribution in [1.82, 2.24) is 50.8 Å². The number of fused-ring (bicyclic) bond motifs is 1. The molecule has 65 heavy (non-hydrogen) atoms. The molecule has 0 bridgehead atoms. The molecule has 6 N–H and O–H groups in total. The summed E-state index contributed by atoms with van der Waals surface area (Å²) in [4.78, 5) is 86.9. The van der Waals surface area contributed by atoms with Gasteiger partial charge in [-0.1, -0.05) is 11.6 Å². The van der Waals surface area contributed by atoms with Gasteiger partial charge in [0.1, 0.15) is 12.6 Å². The Balaban J connectivity index is 0.682. The lowest BCUT2D eigenvalue weighted by molar-refractivity contribution is -0.137. The number of aromatic nitrogens is 4. The number of urea groups is 1. The highest BCUT2D eigenvalue weighted by atomic mass is 35.5. The number of carboxylic acid groups (broad SMARTS) is 1. The minimum absolute atomic E-state index is 0.0363. The van der Waals surface area contributed by atoms with Crippen molar-refractivity contribution in [3.8, 4) is 11.3 Å². The summed E-state index contributed by atoms with van der Waals surface area (Å²) in [6.07, 6.45) is 8.64. The number of nitrogens with zero attached hydrogens (tertiary/aromatic N) is 6. The quantitative estimate of drug-likeness (QED) is 0.0591. The predicted octanol–water partition coefficient (Wildman–Crippen LogP) is 2.67. The smallest absolute Gasteiger partial charge is 0.408 e.